The summed E-state index contributed by atoms with van der Waals surface area (Å²) in [5.41, 5.74) is 20.1. The second-order valence-electron chi connectivity index (χ2n) is 13.8. The fraction of sp³-hybridized carbons (Fsp3) is 0. The third kappa shape index (κ3) is 6.18. The van der Waals surface area contributed by atoms with Gasteiger partial charge < -0.3 is 11.5 Å². The van der Waals surface area contributed by atoms with Crippen LogP contribution in [0.25, 0.3) is 44.5 Å². The summed E-state index contributed by atoms with van der Waals surface area (Å²) in [7, 11) is 0. The molecular weight excluding hydrogens is 814 g/mol. The number of amides is 4. The van der Waals surface area contributed by atoms with Crippen LogP contribution in [0.5, 0.6) is 0 Å². The molecule has 0 atom stereocenters. The van der Waals surface area contributed by atoms with Gasteiger partial charge in [-0.25, -0.2) is 9.80 Å². The Morgan fingerprint density at radius 3 is 0.966 bits per heavy atom. The van der Waals surface area contributed by atoms with E-state index in [1.54, 1.807) is 109 Å². The molecule has 0 aliphatic carbocycles. The number of anilines is 4. The summed E-state index contributed by atoms with van der Waals surface area (Å²) in [4.78, 5) is 56.4. The summed E-state index contributed by atoms with van der Waals surface area (Å²) < 4.78 is 0. The van der Waals surface area contributed by atoms with Crippen molar-refractivity contribution in [3.63, 3.8) is 0 Å². The highest BCUT2D eigenvalue weighted by atomic mass is 35.5. The lowest BCUT2D eigenvalue weighted by atomic mass is 9.99. The monoisotopic (exact) mass is 838 g/mol. The van der Waals surface area contributed by atoms with Gasteiger partial charge in [-0.1, -0.05) is 107 Å². The van der Waals surface area contributed by atoms with E-state index in [1.807, 2.05) is 24.3 Å². The van der Waals surface area contributed by atoms with Crippen molar-refractivity contribution in [2.75, 3.05) is 21.3 Å². The van der Waals surface area contributed by atoms with Crippen molar-refractivity contribution >= 4 is 92.8 Å². The van der Waals surface area contributed by atoms with Gasteiger partial charge in [0.1, 0.15) is 0 Å². The molecule has 2 aliphatic rings. The number of hydrogen-bond acceptors (Lipinski definition) is 6. The van der Waals surface area contributed by atoms with Gasteiger partial charge in [-0.15, -0.1) is 0 Å². The largest absolute Gasteiger partial charge is 0.399 e. The Morgan fingerprint density at radius 1 is 0.310 bits per heavy atom. The van der Waals surface area contributed by atoms with Crippen molar-refractivity contribution < 1.29 is 19.2 Å². The van der Waals surface area contributed by atoms with Gasteiger partial charge in [-0.2, -0.15) is 0 Å². The topological polar surface area (TPSA) is 127 Å². The van der Waals surface area contributed by atoms with Gasteiger partial charge in [-0.3, -0.25) is 19.2 Å². The van der Waals surface area contributed by atoms with Gasteiger partial charge in [-0.05, 0) is 95.1 Å². The Bertz CT molecular complexity index is 2770. The number of nitrogens with two attached hydrogens (primary N) is 2. The van der Waals surface area contributed by atoms with E-state index in [0.29, 0.717) is 76.2 Å². The Morgan fingerprint density at radius 2 is 0.603 bits per heavy atom. The van der Waals surface area contributed by atoms with Crippen LogP contribution >= 0.6 is 46.4 Å². The molecule has 0 unspecified atom stereocenters. The van der Waals surface area contributed by atoms with Crippen LogP contribution in [0.1, 0.15) is 41.4 Å². The minimum absolute atomic E-state index is 0.261. The molecule has 0 radical (unpaired) electrons. The molecule has 282 valence electrons. The van der Waals surface area contributed by atoms with Crippen LogP contribution in [-0.2, 0) is 0 Å². The molecule has 0 aromatic heterocycles. The van der Waals surface area contributed by atoms with Gasteiger partial charge in [0, 0.05) is 33.6 Å². The maximum absolute atomic E-state index is 13.6. The molecule has 0 fully saturated rings. The van der Waals surface area contributed by atoms with Crippen molar-refractivity contribution in [3.8, 4) is 44.5 Å². The number of carbonyl (C=O) groups is 4. The molecule has 9 rings (SSSR count). The summed E-state index contributed by atoms with van der Waals surface area (Å²) in [5.74, 6) is -1.85. The second kappa shape index (κ2) is 14.2. The highest BCUT2D eigenvalue weighted by Crippen LogP contribution is 2.40. The molecule has 58 heavy (non-hydrogen) atoms. The van der Waals surface area contributed by atoms with Gasteiger partial charge in [0.15, 0.2) is 0 Å². The Labute approximate surface area is 351 Å². The summed E-state index contributed by atoms with van der Waals surface area (Å²) in [6.45, 7) is 0. The van der Waals surface area contributed by atoms with Crippen molar-refractivity contribution in [1.82, 2.24) is 0 Å². The zero-order valence-corrected chi connectivity index (χ0v) is 32.9. The predicted octanol–water partition coefficient (Wildman–Crippen LogP) is 11.7. The van der Waals surface area contributed by atoms with E-state index in [0.717, 1.165) is 20.9 Å². The molecule has 12 heteroatoms. The first kappa shape index (κ1) is 37.2. The number of imide groups is 2. The quantitative estimate of drug-likeness (QED) is 0.127. The van der Waals surface area contributed by atoms with Crippen molar-refractivity contribution in [1.29, 1.82) is 0 Å². The first-order chi connectivity index (χ1) is 27.9. The minimum atomic E-state index is -0.471. The van der Waals surface area contributed by atoms with Crippen LogP contribution in [0.4, 0.5) is 22.7 Å². The zero-order chi connectivity index (χ0) is 40.6. The molecule has 0 saturated heterocycles. The third-order valence-electron chi connectivity index (χ3n) is 10.3. The number of nitrogen functional groups attached to an aromatic ring is 2. The van der Waals surface area contributed by atoms with Crippen LogP contribution < -0.4 is 21.3 Å². The van der Waals surface area contributed by atoms with Crippen molar-refractivity contribution in [3.05, 3.63) is 176 Å². The molecule has 4 N–H and O–H groups in total. The fourth-order valence-corrected chi connectivity index (χ4v) is 8.56. The fourth-order valence-electron chi connectivity index (χ4n) is 7.40. The van der Waals surface area contributed by atoms with Gasteiger partial charge >= 0.3 is 0 Å². The molecule has 2 heterocycles. The summed E-state index contributed by atoms with van der Waals surface area (Å²) in [5, 5.41) is 1.54. The van der Waals surface area contributed by atoms with E-state index in [2.05, 4.69) is 0 Å². The van der Waals surface area contributed by atoms with E-state index in [4.69, 9.17) is 57.9 Å². The van der Waals surface area contributed by atoms with Crippen LogP contribution in [0.2, 0.25) is 20.1 Å². The maximum atomic E-state index is 13.6. The minimum Gasteiger partial charge on any atom is -0.399 e. The summed E-state index contributed by atoms with van der Waals surface area (Å²) in [6.07, 6.45) is 0. The van der Waals surface area contributed by atoms with E-state index < -0.39 is 23.6 Å². The number of benzene rings is 7. The molecule has 7 aromatic rings. The SMILES string of the molecule is Nc1ccc(-c2ccc3c(c2)C(=O)N(c2ccc(-c4ccc(-c5ccc(N6C(=O)c7ccc(-c8ccc(N)cc8Cl)cc7C6=O)cc5Cl)cc4)c(Cl)c2)C3=O)c(Cl)c1. The molecule has 8 nitrogen and oxygen atoms in total. The van der Waals surface area contributed by atoms with Crippen LogP contribution in [0.3, 0.4) is 0 Å². The highest BCUT2D eigenvalue weighted by Gasteiger charge is 2.38. The normalized spacial score (nSPS) is 13.4. The number of nitrogens with zero attached hydrogens (tertiary/aromatic N) is 2. The number of hydrogen-bond donors (Lipinski definition) is 2. The Hall–Kier alpha value is -6.42. The second-order valence-corrected chi connectivity index (χ2v) is 15.4. The lowest BCUT2D eigenvalue weighted by molar-refractivity contribution is 0.0910. The van der Waals surface area contributed by atoms with Crippen molar-refractivity contribution in [2.45, 2.75) is 0 Å². The standard InChI is InChI=1S/C46H26Cl4N4O4/c47-39-19-27(51)7-13-33(39)25-5-11-35-37(17-25)45(57)53(43(35)55)29-9-15-31(41(49)21-29)23-1-2-24(4-3-23)32-16-10-30(22-42(32)50)54-44(56)36-12-6-26(18-38(36)46(54)58)34-14-8-28(52)20-40(34)48/h1-22H,51-52H2. The number of carbonyl (C=O) groups excluding carboxylic acids is 4. The molecule has 0 spiro atoms. The molecule has 2 aliphatic heterocycles. The maximum Gasteiger partial charge on any atom is 0.266 e. The summed E-state index contributed by atoms with van der Waals surface area (Å²) >= 11 is 26.4. The van der Waals surface area contributed by atoms with E-state index in [-0.39, 0.29) is 22.3 Å². The average Bonchev–Trinajstić information content (AvgIpc) is 3.60. The van der Waals surface area contributed by atoms with Gasteiger partial charge in [0.2, 0.25) is 0 Å². The van der Waals surface area contributed by atoms with Gasteiger partial charge in [0.05, 0.1) is 53.7 Å². The third-order valence-corrected chi connectivity index (χ3v) is 11.6. The van der Waals surface area contributed by atoms with Crippen LogP contribution in [0.15, 0.2) is 133 Å². The number of fused-ring (bicyclic) bond motifs is 2. The molecular formula is C46H26Cl4N4O4. The number of halogens is 4. The van der Waals surface area contributed by atoms with Crippen LogP contribution in [-0.4, -0.2) is 23.6 Å². The zero-order valence-electron chi connectivity index (χ0n) is 29.9. The summed E-state index contributed by atoms with van der Waals surface area (Å²) in [6, 6.07) is 37.8. The first-order valence-electron chi connectivity index (χ1n) is 17.7. The Balaban J connectivity index is 0.929. The van der Waals surface area contributed by atoms with E-state index in [1.165, 1.54) is 0 Å². The Kier molecular flexibility index (Phi) is 9.10. The van der Waals surface area contributed by atoms with Crippen molar-refractivity contribution in [2.24, 2.45) is 0 Å². The average molecular weight is 841 g/mol. The molecule has 0 bridgehead atoms. The lowest BCUT2D eigenvalue weighted by Crippen LogP contribution is -2.29. The number of rotatable bonds is 6. The smallest absolute Gasteiger partial charge is 0.266 e. The van der Waals surface area contributed by atoms with Gasteiger partial charge in [0.25, 0.3) is 23.6 Å². The van der Waals surface area contributed by atoms with Crippen LogP contribution in [0, 0.1) is 0 Å². The highest BCUT2D eigenvalue weighted by molar-refractivity contribution is 6.38. The molecule has 7 aromatic carbocycles. The molecule has 4 amide bonds. The van der Waals surface area contributed by atoms with E-state index >= 15 is 0 Å². The predicted molar refractivity (Wildman–Crippen MR) is 232 cm³/mol. The first-order valence-corrected chi connectivity index (χ1v) is 19.3. The van der Waals surface area contributed by atoms with E-state index in [9.17, 15) is 19.2 Å². The lowest BCUT2D eigenvalue weighted by Gasteiger charge is -2.16. The molecule has 0 saturated carbocycles.